The highest BCUT2D eigenvalue weighted by molar-refractivity contribution is 6.33. The van der Waals surface area contributed by atoms with E-state index in [2.05, 4.69) is 15.0 Å². The molecule has 0 bridgehead atoms. The maximum Gasteiger partial charge on any atom is 0.182 e. The van der Waals surface area contributed by atoms with Gasteiger partial charge < -0.3 is 9.67 Å². The quantitative estimate of drug-likeness (QED) is 0.666. The van der Waals surface area contributed by atoms with Gasteiger partial charge >= 0.3 is 0 Å². The van der Waals surface area contributed by atoms with Crippen LogP contribution in [-0.2, 0) is 6.54 Å². The summed E-state index contributed by atoms with van der Waals surface area (Å²) in [6, 6.07) is 0. The lowest BCUT2D eigenvalue weighted by molar-refractivity contribution is 0.341. The molecule has 0 saturated heterocycles. The fraction of sp³-hybridized carbons (Fsp3) is 0.364. The molecule has 0 aliphatic rings. The Kier molecular flexibility index (Phi) is 3.71. The van der Waals surface area contributed by atoms with Crippen LogP contribution in [0.4, 0.5) is 0 Å². The minimum atomic E-state index is 0.0698. The number of aliphatic hydroxyl groups excluding tert-OH is 1. The molecule has 2 heterocycles. The van der Waals surface area contributed by atoms with Crippen LogP contribution in [0.15, 0.2) is 24.3 Å². The largest absolute Gasteiger partial charge is 0.392 e. The summed E-state index contributed by atoms with van der Waals surface area (Å²) in [5.41, 5.74) is 2.49. The number of nitrogens with zero attached hydrogens (tertiary/aromatic N) is 4. The highest BCUT2D eigenvalue weighted by Gasteiger charge is 2.08. The van der Waals surface area contributed by atoms with E-state index in [0.717, 1.165) is 24.1 Å². The maximum absolute atomic E-state index is 8.77. The van der Waals surface area contributed by atoms with Crippen molar-refractivity contribution in [1.82, 2.24) is 19.5 Å². The summed E-state index contributed by atoms with van der Waals surface area (Å²) in [6.07, 6.45) is 5.73. The van der Waals surface area contributed by atoms with Gasteiger partial charge in [-0.15, -0.1) is 0 Å². The van der Waals surface area contributed by atoms with Crippen molar-refractivity contribution >= 4 is 22.8 Å². The molecule has 0 amide bonds. The molecule has 2 aromatic heterocycles. The Labute approximate surface area is 104 Å². The molecule has 0 atom stereocenters. The molecule has 0 radical (unpaired) electrons. The van der Waals surface area contributed by atoms with Gasteiger partial charge in [-0.3, -0.25) is 0 Å². The first kappa shape index (κ1) is 12.0. The summed E-state index contributed by atoms with van der Waals surface area (Å²) >= 11 is 6.01. The van der Waals surface area contributed by atoms with Crippen molar-refractivity contribution in [3.63, 3.8) is 0 Å². The summed E-state index contributed by atoms with van der Waals surface area (Å²) in [4.78, 5) is 12.1. The zero-order valence-electron chi connectivity index (χ0n) is 9.47. The van der Waals surface area contributed by atoms with Gasteiger partial charge in [-0.05, 0) is 13.3 Å². The normalized spacial score (nSPS) is 12.3. The second kappa shape index (κ2) is 5.25. The number of hydrogen-bond acceptors (Lipinski definition) is 4. The predicted octanol–water partition coefficient (Wildman–Crippen LogP) is 1.81. The summed E-state index contributed by atoms with van der Waals surface area (Å²) in [6.45, 7) is 2.79. The van der Waals surface area contributed by atoms with E-state index in [-0.39, 0.29) is 6.61 Å². The smallest absolute Gasteiger partial charge is 0.182 e. The second-order valence-corrected chi connectivity index (χ2v) is 4.12. The highest BCUT2D eigenvalue weighted by Crippen LogP contribution is 2.18. The van der Waals surface area contributed by atoms with Gasteiger partial charge in [0.15, 0.2) is 10.8 Å². The Morgan fingerprint density at radius 1 is 1.47 bits per heavy atom. The first-order chi connectivity index (χ1) is 8.22. The van der Waals surface area contributed by atoms with Gasteiger partial charge in [-0.25, -0.2) is 15.0 Å². The molecule has 0 saturated carbocycles. The monoisotopic (exact) mass is 252 g/mol. The van der Waals surface area contributed by atoms with Crippen LogP contribution >= 0.6 is 11.6 Å². The van der Waals surface area contributed by atoms with E-state index in [1.165, 1.54) is 6.33 Å². The number of imidazole rings is 1. The average Bonchev–Trinajstić information content (AvgIpc) is 2.71. The Morgan fingerprint density at radius 3 is 3.06 bits per heavy atom. The third-order valence-electron chi connectivity index (χ3n) is 2.55. The highest BCUT2D eigenvalue weighted by atomic mass is 35.5. The molecule has 0 spiro atoms. The third kappa shape index (κ3) is 2.62. The van der Waals surface area contributed by atoms with Crippen LogP contribution < -0.4 is 0 Å². The van der Waals surface area contributed by atoms with Gasteiger partial charge in [0.25, 0.3) is 0 Å². The van der Waals surface area contributed by atoms with E-state index in [9.17, 15) is 0 Å². The lowest BCUT2D eigenvalue weighted by atomic mass is 10.2. The molecule has 0 aliphatic heterocycles. The molecule has 2 rings (SSSR count). The van der Waals surface area contributed by atoms with Gasteiger partial charge in [-0.1, -0.05) is 23.3 Å². The van der Waals surface area contributed by atoms with Gasteiger partial charge in [0.2, 0.25) is 0 Å². The van der Waals surface area contributed by atoms with E-state index in [1.807, 2.05) is 11.5 Å². The van der Waals surface area contributed by atoms with Crippen LogP contribution in [0.2, 0.25) is 5.15 Å². The fourth-order valence-corrected chi connectivity index (χ4v) is 1.83. The summed E-state index contributed by atoms with van der Waals surface area (Å²) in [5.74, 6) is 0. The van der Waals surface area contributed by atoms with Crippen LogP contribution in [-0.4, -0.2) is 31.2 Å². The zero-order chi connectivity index (χ0) is 12.3. The number of allylic oxidation sites excluding steroid dienone is 1. The Balaban J connectivity index is 2.22. The number of aliphatic hydroxyl groups is 1. The van der Waals surface area contributed by atoms with Crippen LogP contribution in [0.3, 0.4) is 0 Å². The minimum absolute atomic E-state index is 0.0698. The third-order valence-corrected chi connectivity index (χ3v) is 2.83. The van der Waals surface area contributed by atoms with Crippen molar-refractivity contribution < 1.29 is 5.11 Å². The number of fused-ring (bicyclic) bond motifs is 1. The van der Waals surface area contributed by atoms with Crippen LogP contribution in [0, 0.1) is 0 Å². The van der Waals surface area contributed by atoms with Crippen molar-refractivity contribution in [2.45, 2.75) is 19.9 Å². The molecule has 0 unspecified atom stereocenters. The standard InChI is InChI=1S/C11H13ClN4O/c1-8(3-5-17)2-4-16-7-15-11-9(16)10(12)13-6-14-11/h3,6-7,17H,2,4-5H2,1H3/b8-3+. The number of rotatable bonds is 4. The first-order valence-electron chi connectivity index (χ1n) is 5.30. The van der Waals surface area contributed by atoms with E-state index >= 15 is 0 Å². The zero-order valence-corrected chi connectivity index (χ0v) is 10.2. The topological polar surface area (TPSA) is 63.8 Å². The molecule has 0 aromatic carbocycles. The molecule has 0 aliphatic carbocycles. The molecule has 0 fully saturated rings. The van der Waals surface area contributed by atoms with Crippen LogP contribution in [0.25, 0.3) is 11.2 Å². The minimum Gasteiger partial charge on any atom is -0.392 e. The molecule has 1 N–H and O–H groups in total. The van der Waals surface area contributed by atoms with Crippen LogP contribution in [0.5, 0.6) is 0 Å². The second-order valence-electron chi connectivity index (χ2n) is 3.76. The summed E-state index contributed by atoms with van der Waals surface area (Å²) < 4.78 is 1.92. The molecule has 17 heavy (non-hydrogen) atoms. The molecule has 2 aromatic rings. The maximum atomic E-state index is 8.77. The predicted molar refractivity (Wildman–Crippen MR) is 65.8 cm³/mol. The number of hydrogen-bond donors (Lipinski definition) is 1. The van der Waals surface area contributed by atoms with Crippen molar-refractivity contribution in [2.75, 3.05) is 6.61 Å². The Morgan fingerprint density at radius 2 is 2.29 bits per heavy atom. The van der Waals surface area contributed by atoms with E-state index < -0.39 is 0 Å². The van der Waals surface area contributed by atoms with Crippen molar-refractivity contribution in [3.05, 3.63) is 29.5 Å². The molecular formula is C11H13ClN4O. The Hall–Kier alpha value is -1.46. The Bertz CT molecular complexity index is 549. The number of aryl methyl sites for hydroxylation is 1. The van der Waals surface area contributed by atoms with Crippen LogP contribution in [0.1, 0.15) is 13.3 Å². The van der Waals surface area contributed by atoms with Crippen molar-refractivity contribution in [1.29, 1.82) is 0 Å². The van der Waals surface area contributed by atoms with Crippen molar-refractivity contribution in [3.8, 4) is 0 Å². The average molecular weight is 253 g/mol. The summed E-state index contributed by atoms with van der Waals surface area (Å²) in [7, 11) is 0. The van der Waals surface area contributed by atoms with E-state index in [0.29, 0.717) is 10.8 Å². The van der Waals surface area contributed by atoms with E-state index in [4.69, 9.17) is 16.7 Å². The van der Waals surface area contributed by atoms with Gasteiger partial charge in [0, 0.05) is 6.54 Å². The first-order valence-corrected chi connectivity index (χ1v) is 5.68. The SMILES string of the molecule is C/C(=C\CO)CCn1cnc2ncnc(Cl)c21. The lowest BCUT2D eigenvalue weighted by Gasteiger charge is -2.04. The van der Waals surface area contributed by atoms with Gasteiger partial charge in [0.05, 0.1) is 12.9 Å². The van der Waals surface area contributed by atoms with Gasteiger partial charge in [0.1, 0.15) is 11.8 Å². The molecule has 6 heteroatoms. The number of aromatic nitrogens is 4. The summed E-state index contributed by atoms with van der Waals surface area (Å²) in [5, 5.41) is 9.19. The lowest BCUT2D eigenvalue weighted by Crippen LogP contribution is -1.98. The fourth-order valence-electron chi connectivity index (χ4n) is 1.60. The molecule has 90 valence electrons. The molecular weight excluding hydrogens is 240 g/mol. The van der Waals surface area contributed by atoms with Crippen molar-refractivity contribution in [2.24, 2.45) is 0 Å². The van der Waals surface area contributed by atoms with E-state index in [1.54, 1.807) is 12.4 Å². The van der Waals surface area contributed by atoms with Gasteiger partial charge in [-0.2, -0.15) is 0 Å². The number of halogens is 1. The molecule has 5 nitrogen and oxygen atoms in total.